The van der Waals surface area contributed by atoms with Gasteiger partial charge >= 0.3 is 0 Å². The molecular weight excluding hydrogens is 261 g/mol. The van der Waals surface area contributed by atoms with Crippen molar-refractivity contribution in [2.45, 2.75) is 13.3 Å². The molecule has 0 aromatic heterocycles. The van der Waals surface area contributed by atoms with E-state index in [4.69, 9.17) is 5.73 Å². The molecular formula is C12H14N2Y-2. The minimum Gasteiger partial charge on any atom is -0.531 e. The number of rotatable bonds is 4. The number of benzene rings is 1. The Kier molecular flexibility index (Phi) is 8.78. The van der Waals surface area contributed by atoms with E-state index in [1.165, 1.54) is 0 Å². The summed E-state index contributed by atoms with van der Waals surface area (Å²) in [5.74, 6) is 0. The van der Waals surface area contributed by atoms with Crippen LogP contribution in [0.2, 0.25) is 0 Å². The molecule has 1 radical (unpaired) electrons. The van der Waals surface area contributed by atoms with Gasteiger partial charge in [-0.3, -0.25) is 0 Å². The first-order valence-electron chi connectivity index (χ1n) is 4.62. The van der Waals surface area contributed by atoms with Gasteiger partial charge in [0.25, 0.3) is 0 Å². The van der Waals surface area contributed by atoms with Crippen molar-refractivity contribution in [2.24, 2.45) is 10.7 Å². The van der Waals surface area contributed by atoms with Crippen LogP contribution in [0.1, 0.15) is 18.9 Å². The number of hydrogen-bond donors (Lipinski definition) is 1. The van der Waals surface area contributed by atoms with Crippen LogP contribution in [0.15, 0.2) is 41.0 Å². The Labute approximate surface area is 117 Å². The van der Waals surface area contributed by atoms with Gasteiger partial charge in [0.15, 0.2) is 0 Å². The SMILES string of the molecule is C[C-]=C(CCN)N=[C-]c1ccccc1.[Y]. The second kappa shape index (κ2) is 8.96. The summed E-state index contributed by atoms with van der Waals surface area (Å²) in [5, 5.41) is 0. The third-order valence-corrected chi connectivity index (χ3v) is 1.76. The van der Waals surface area contributed by atoms with Gasteiger partial charge in [0, 0.05) is 32.7 Å². The van der Waals surface area contributed by atoms with E-state index >= 15 is 0 Å². The van der Waals surface area contributed by atoms with Crippen molar-refractivity contribution < 1.29 is 32.7 Å². The van der Waals surface area contributed by atoms with E-state index in [0.717, 1.165) is 17.7 Å². The quantitative estimate of drug-likeness (QED) is 0.662. The summed E-state index contributed by atoms with van der Waals surface area (Å²) in [6.45, 7) is 2.43. The fraction of sp³-hybridized carbons (Fsp3) is 0.250. The van der Waals surface area contributed by atoms with Crippen LogP contribution in [0.25, 0.3) is 0 Å². The predicted molar refractivity (Wildman–Crippen MR) is 59.1 cm³/mol. The minimum absolute atomic E-state index is 0. The molecule has 1 rings (SSSR count). The molecule has 0 fully saturated rings. The molecule has 1 aromatic rings. The monoisotopic (exact) mass is 275 g/mol. The molecule has 0 aliphatic heterocycles. The van der Waals surface area contributed by atoms with Crippen LogP contribution in [-0.4, -0.2) is 12.8 Å². The van der Waals surface area contributed by atoms with Crippen molar-refractivity contribution in [3.63, 3.8) is 0 Å². The van der Waals surface area contributed by atoms with E-state index in [0.29, 0.717) is 6.54 Å². The third-order valence-electron chi connectivity index (χ3n) is 1.76. The Balaban J connectivity index is 0.00000196. The molecule has 77 valence electrons. The third kappa shape index (κ3) is 5.98. The number of nitrogens with two attached hydrogens (primary N) is 1. The Morgan fingerprint density at radius 3 is 2.53 bits per heavy atom. The van der Waals surface area contributed by atoms with Gasteiger partial charge in [0.1, 0.15) is 0 Å². The number of nitrogens with zero attached hydrogens (tertiary/aromatic N) is 1. The number of aliphatic imine (C=N–C) groups is 1. The Morgan fingerprint density at radius 1 is 1.33 bits per heavy atom. The van der Waals surface area contributed by atoms with Crippen LogP contribution in [0.3, 0.4) is 0 Å². The van der Waals surface area contributed by atoms with E-state index in [2.05, 4.69) is 17.3 Å². The van der Waals surface area contributed by atoms with Gasteiger partial charge in [0.2, 0.25) is 0 Å². The zero-order valence-electron chi connectivity index (χ0n) is 8.90. The second-order valence-electron chi connectivity index (χ2n) is 2.83. The standard InChI is InChI=1S/C12H14N2.Y/c1-2-12(8-9-13)14-10-11-6-4-3-5-7-11;/h3-7H,8-9,13H2,1H3;/q-2;. The maximum Gasteiger partial charge on any atom is 0 e. The minimum atomic E-state index is 0. The largest absolute Gasteiger partial charge is 0.531 e. The Morgan fingerprint density at radius 2 is 2.00 bits per heavy atom. The van der Waals surface area contributed by atoms with Crippen molar-refractivity contribution in [2.75, 3.05) is 6.54 Å². The second-order valence-corrected chi connectivity index (χ2v) is 2.83. The van der Waals surface area contributed by atoms with Crippen LogP contribution in [0.5, 0.6) is 0 Å². The van der Waals surface area contributed by atoms with Gasteiger partial charge in [-0.05, 0) is 12.8 Å². The molecule has 3 heteroatoms. The molecule has 2 N–H and O–H groups in total. The molecule has 0 saturated carbocycles. The molecule has 0 heterocycles. The van der Waals surface area contributed by atoms with Gasteiger partial charge in [-0.2, -0.15) is 0 Å². The van der Waals surface area contributed by atoms with Crippen LogP contribution >= 0.6 is 0 Å². The molecule has 0 spiro atoms. The maximum absolute atomic E-state index is 5.43. The molecule has 0 aliphatic rings. The first kappa shape index (κ1) is 14.7. The Hall–Kier alpha value is -0.306. The molecule has 2 nitrogen and oxygen atoms in total. The van der Waals surface area contributed by atoms with E-state index < -0.39 is 0 Å². The first-order chi connectivity index (χ1) is 6.86. The molecule has 0 atom stereocenters. The fourth-order valence-electron chi connectivity index (χ4n) is 1.02. The summed E-state index contributed by atoms with van der Waals surface area (Å²) < 4.78 is 0. The average molecular weight is 275 g/mol. The number of allylic oxidation sites excluding steroid dienone is 1. The van der Waals surface area contributed by atoms with Gasteiger partial charge < -0.3 is 16.8 Å². The molecule has 0 amide bonds. The summed E-state index contributed by atoms with van der Waals surface area (Å²) >= 11 is 0. The molecule has 1 aromatic carbocycles. The fourth-order valence-corrected chi connectivity index (χ4v) is 1.02. The van der Waals surface area contributed by atoms with Crippen LogP contribution in [0, 0.1) is 6.08 Å². The topological polar surface area (TPSA) is 38.4 Å². The normalized spacial score (nSPS) is 11.5. The molecule has 0 saturated heterocycles. The smallest absolute Gasteiger partial charge is 0 e. The maximum atomic E-state index is 5.43. The van der Waals surface area contributed by atoms with Gasteiger partial charge in [0.05, 0.1) is 0 Å². The Bertz CT molecular complexity index is 318. The average Bonchev–Trinajstić information content (AvgIpc) is 2.25. The van der Waals surface area contributed by atoms with Crippen LogP contribution in [-0.2, 0) is 32.7 Å². The zero-order chi connectivity index (χ0) is 10.2. The summed E-state index contributed by atoms with van der Waals surface area (Å²) in [6.07, 6.45) is 6.68. The summed E-state index contributed by atoms with van der Waals surface area (Å²) in [6, 6.07) is 9.80. The van der Waals surface area contributed by atoms with E-state index in [1.807, 2.05) is 37.3 Å². The van der Waals surface area contributed by atoms with Crippen molar-refractivity contribution in [1.82, 2.24) is 0 Å². The van der Waals surface area contributed by atoms with Gasteiger partial charge in [-0.15, -0.1) is 29.8 Å². The van der Waals surface area contributed by atoms with Gasteiger partial charge in [-0.1, -0.05) is 12.5 Å². The number of hydrogen-bond acceptors (Lipinski definition) is 2. The molecule has 15 heavy (non-hydrogen) atoms. The summed E-state index contributed by atoms with van der Waals surface area (Å²) in [5.41, 5.74) is 7.25. The van der Waals surface area contributed by atoms with Crippen LogP contribution in [0.4, 0.5) is 0 Å². The van der Waals surface area contributed by atoms with E-state index in [1.54, 1.807) is 0 Å². The van der Waals surface area contributed by atoms with E-state index in [9.17, 15) is 0 Å². The predicted octanol–water partition coefficient (Wildman–Crippen LogP) is 2.04. The van der Waals surface area contributed by atoms with Crippen molar-refractivity contribution in [3.05, 3.63) is 47.7 Å². The van der Waals surface area contributed by atoms with Crippen molar-refractivity contribution in [3.8, 4) is 0 Å². The van der Waals surface area contributed by atoms with Crippen LogP contribution < -0.4 is 5.73 Å². The molecule has 0 bridgehead atoms. The van der Waals surface area contributed by atoms with Gasteiger partial charge in [-0.25, -0.2) is 12.6 Å². The van der Waals surface area contributed by atoms with Crippen molar-refractivity contribution >= 4 is 6.21 Å². The molecule has 0 unspecified atom stereocenters. The summed E-state index contributed by atoms with van der Waals surface area (Å²) in [4.78, 5) is 4.18. The van der Waals surface area contributed by atoms with E-state index in [-0.39, 0.29) is 32.7 Å². The first-order valence-corrected chi connectivity index (χ1v) is 4.62. The zero-order valence-corrected chi connectivity index (χ0v) is 11.7. The van der Waals surface area contributed by atoms with Crippen molar-refractivity contribution in [1.29, 1.82) is 0 Å². The summed E-state index contributed by atoms with van der Waals surface area (Å²) in [7, 11) is 0. The molecule has 0 aliphatic carbocycles.